The normalized spacial score (nSPS) is 10.6. The Morgan fingerprint density at radius 2 is 1.96 bits per heavy atom. The zero-order valence-corrected chi connectivity index (χ0v) is 16.5. The van der Waals surface area contributed by atoms with Gasteiger partial charge in [-0.15, -0.1) is 5.10 Å². The van der Waals surface area contributed by atoms with Crippen LogP contribution < -0.4 is 5.32 Å². The van der Waals surface area contributed by atoms with Crippen LogP contribution in [0.1, 0.15) is 32.1 Å². The maximum absolute atomic E-state index is 12.5. The van der Waals surface area contributed by atoms with Crippen LogP contribution in [0.2, 0.25) is 10.0 Å². The Labute approximate surface area is 170 Å². The Balaban J connectivity index is 1.76. The van der Waals surface area contributed by atoms with Gasteiger partial charge in [-0.25, -0.2) is 14.5 Å². The van der Waals surface area contributed by atoms with Crippen molar-refractivity contribution in [3.05, 3.63) is 69.1 Å². The molecule has 1 amide bonds. The number of nitrogens with zero attached hydrogens (tertiary/aromatic N) is 4. The lowest BCUT2D eigenvalue weighted by molar-refractivity contribution is 0.0600. The van der Waals surface area contributed by atoms with Gasteiger partial charge in [0.1, 0.15) is 5.82 Å². The van der Waals surface area contributed by atoms with Crippen molar-refractivity contribution >= 4 is 40.9 Å². The number of anilines is 1. The predicted octanol–water partition coefficient (Wildman–Crippen LogP) is 3.38. The first-order valence-electron chi connectivity index (χ1n) is 8.08. The summed E-state index contributed by atoms with van der Waals surface area (Å²) >= 11 is 12.0. The molecule has 0 unspecified atom stereocenters. The van der Waals surface area contributed by atoms with Crippen LogP contribution in [0.15, 0.2) is 36.5 Å². The molecule has 0 saturated carbocycles. The van der Waals surface area contributed by atoms with Gasteiger partial charge < -0.3 is 10.1 Å². The number of aromatic nitrogens is 4. The smallest absolute Gasteiger partial charge is 0.338 e. The highest BCUT2D eigenvalue weighted by Crippen LogP contribution is 2.23. The minimum absolute atomic E-state index is 0.144. The number of nitrogens with one attached hydrogen (secondary N) is 1. The molecule has 0 radical (unpaired) electrons. The van der Waals surface area contributed by atoms with E-state index in [1.54, 1.807) is 23.7 Å². The highest BCUT2D eigenvalue weighted by molar-refractivity contribution is 6.42. The first-order chi connectivity index (χ1) is 13.4. The van der Waals surface area contributed by atoms with E-state index in [1.807, 2.05) is 6.07 Å². The lowest BCUT2D eigenvalue weighted by Crippen LogP contribution is -2.16. The molecule has 0 fully saturated rings. The number of methoxy groups -OCH3 is 1. The molecule has 10 heteroatoms. The molecular weight excluding hydrogens is 405 g/mol. The van der Waals surface area contributed by atoms with Crippen LogP contribution in [0.4, 0.5) is 5.82 Å². The van der Waals surface area contributed by atoms with E-state index in [1.165, 1.54) is 25.4 Å². The zero-order valence-electron chi connectivity index (χ0n) is 14.9. The second-order valence-corrected chi connectivity index (χ2v) is 6.62. The molecule has 1 aromatic carbocycles. The molecule has 28 heavy (non-hydrogen) atoms. The quantitative estimate of drug-likeness (QED) is 0.636. The summed E-state index contributed by atoms with van der Waals surface area (Å²) in [5.41, 5.74) is 1.84. The van der Waals surface area contributed by atoms with Gasteiger partial charge in [-0.3, -0.25) is 4.79 Å². The van der Waals surface area contributed by atoms with Gasteiger partial charge in [0.2, 0.25) is 0 Å². The summed E-state index contributed by atoms with van der Waals surface area (Å²) in [5.74, 6) is -0.819. The number of carbonyl (C=O) groups excluding carboxylic acids is 2. The van der Waals surface area contributed by atoms with Gasteiger partial charge in [0.05, 0.1) is 35.0 Å². The van der Waals surface area contributed by atoms with Gasteiger partial charge in [0, 0.05) is 6.20 Å². The molecule has 0 aliphatic carbocycles. The molecule has 0 bridgehead atoms. The molecule has 0 aliphatic heterocycles. The van der Waals surface area contributed by atoms with Crippen molar-refractivity contribution in [2.75, 3.05) is 12.4 Å². The number of halogens is 2. The molecule has 8 nitrogen and oxygen atoms in total. The van der Waals surface area contributed by atoms with E-state index in [9.17, 15) is 9.59 Å². The van der Waals surface area contributed by atoms with E-state index in [-0.39, 0.29) is 17.1 Å². The van der Waals surface area contributed by atoms with Crippen molar-refractivity contribution < 1.29 is 14.3 Å². The Kier molecular flexibility index (Phi) is 5.91. The highest BCUT2D eigenvalue weighted by Gasteiger charge is 2.18. The monoisotopic (exact) mass is 419 g/mol. The fourth-order valence-electron chi connectivity index (χ4n) is 2.45. The average Bonchev–Trinajstić information content (AvgIpc) is 3.04. The van der Waals surface area contributed by atoms with Crippen molar-refractivity contribution in [3.8, 4) is 0 Å². The van der Waals surface area contributed by atoms with Gasteiger partial charge in [0.25, 0.3) is 5.91 Å². The van der Waals surface area contributed by atoms with Crippen LogP contribution in [0, 0.1) is 6.92 Å². The Morgan fingerprint density at radius 3 is 2.68 bits per heavy atom. The molecule has 3 rings (SSSR count). The first-order valence-corrected chi connectivity index (χ1v) is 8.84. The molecule has 3 aromatic rings. The molecule has 2 heterocycles. The van der Waals surface area contributed by atoms with Gasteiger partial charge in [-0.2, -0.15) is 0 Å². The third kappa shape index (κ3) is 4.29. The fraction of sp³-hybridized carbons (Fsp3) is 0.167. The van der Waals surface area contributed by atoms with Crippen molar-refractivity contribution in [1.29, 1.82) is 0 Å². The number of ether oxygens (including phenoxy) is 1. The summed E-state index contributed by atoms with van der Waals surface area (Å²) in [6.45, 7) is 2.10. The SMILES string of the molecule is COC(=O)c1ccnc(NC(=O)c2nnn(Cc3ccc(Cl)c(Cl)c3)c2C)c1. The number of benzene rings is 1. The van der Waals surface area contributed by atoms with Crippen molar-refractivity contribution in [2.24, 2.45) is 0 Å². The van der Waals surface area contributed by atoms with Crippen LogP contribution in [0.5, 0.6) is 0 Å². The number of amides is 1. The topological polar surface area (TPSA) is 99.0 Å². The Hall–Kier alpha value is -2.97. The van der Waals surface area contributed by atoms with E-state index in [2.05, 4.69) is 25.3 Å². The lowest BCUT2D eigenvalue weighted by Gasteiger charge is -2.06. The third-order valence-electron chi connectivity index (χ3n) is 3.94. The minimum Gasteiger partial charge on any atom is -0.465 e. The Bertz CT molecular complexity index is 1050. The summed E-state index contributed by atoms with van der Waals surface area (Å²) in [5, 5.41) is 11.5. The number of hydrogen-bond acceptors (Lipinski definition) is 6. The fourth-order valence-corrected chi connectivity index (χ4v) is 2.77. The Morgan fingerprint density at radius 1 is 1.18 bits per heavy atom. The third-order valence-corrected chi connectivity index (χ3v) is 4.68. The van der Waals surface area contributed by atoms with E-state index < -0.39 is 11.9 Å². The van der Waals surface area contributed by atoms with E-state index in [0.29, 0.717) is 22.3 Å². The molecule has 0 spiro atoms. The van der Waals surface area contributed by atoms with Crippen LogP contribution in [-0.2, 0) is 11.3 Å². The summed E-state index contributed by atoms with van der Waals surface area (Å²) in [4.78, 5) is 28.1. The molecule has 0 atom stereocenters. The van der Waals surface area contributed by atoms with E-state index in [0.717, 1.165) is 5.56 Å². The summed E-state index contributed by atoms with van der Waals surface area (Å²) in [6, 6.07) is 8.14. The molecular formula is C18H15Cl2N5O3. The summed E-state index contributed by atoms with van der Waals surface area (Å²) < 4.78 is 6.23. The average molecular weight is 420 g/mol. The number of pyridine rings is 1. The van der Waals surface area contributed by atoms with Gasteiger partial charge >= 0.3 is 5.97 Å². The van der Waals surface area contributed by atoms with Gasteiger partial charge in [0.15, 0.2) is 5.69 Å². The highest BCUT2D eigenvalue weighted by atomic mass is 35.5. The largest absolute Gasteiger partial charge is 0.465 e. The van der Waals surface area contributed by atoms with Crippen LogP contribution in [-0.4, -0.2) is 39.0 Å². The van der Waals surface area contributed by atoms with Crippen LogP contribution in [0.3, 0.4) is 0 Å². The maximum Gasteiger partial charge on any atom is 0.338 e. The second kappa shape index (κ2) is 8.37. The second-order valence-electron chi connectivity index (χ2n) is 5.81. The van der Waals surface area contributed by atoms with E-state index >= 15 is 0 Å². The summed E-state index contributed by atoms with van der Waals surface area (Å²) in [6.07, 6.45) is 1.40. The minimum atomic E-state index is -0.526. The number of carbonyl (C=O) groups is 2. The predicted molar refractivity (Wildman–Crippen MR) is 104 cm³/mol. The van der Waals surface area contributed by atoms with Crippen LogP contribution in [0.25, 0.3) is 0 Å². The maximum atomic E-state index is 12.5. The van der Waals surface area contributed by atoms with Crippen LogP contribution >= 0.6 is 23.2 Å². The lowest BCUT2D eigenvalue weighted by atomic mass is 10.2. The number of hydrogen-bond donors (Lipinski definition) is 1. The molecule has 0 aliphatic rings. The van der Waals surface area contributed by atoms with Crippen molar-refractivity contribution in [1.82, 2.24) is 20.0 Å². The van der Waals surface area contributed by atoms with Crippen molar-refractivity contribution in [2.45, 2.75) is 13.5 Å². The zero-order chi connectivity index (χ0) is 20.3. The molecule has 1 N–H and O–H groups in total. The molecule has 0 saturated heterocycles. The first kappa shape index (κ1) is 19.8. The van der Waals surface area contributed by atoms with Gasteiger partial charge in [-0.1, -0.05) is 34.5 Å². The molecule has 144 valence electrons. The van der Waals surface area contributed by atoms with E-state index in [4.69, 9.17) is 23.2 Å². The number of rotatable bonds is 5. The standard InChI is InChI=1S/C18H15Cl2N5O3/c1-10-16(17(26)22-15-8-12(5-6-21-15)18(27)28-2)23-24-25(10)9-11-3-4-13(19)14(20)7-11/h3-8H,9H2,1-2H3,(H,21,22,26). The molecule has 2 aromatic heterocycles. The summed E-state index contributed by atoms with van der Waals surface area (Å²) in [7, 11) is 1.27. The van der Waals surface area contributed by atoms with Gasteiger partial charge in [-0.05, 0) is 36.8 Å². The van der Waals surface area contributed by atoms with Crippen molar-refractivity contribution in [3.63, 3.8) is 0 Å². The number of esters is 1.